The molecule has 2 rings (SSSR count). The van der Waals surface area contributed by atoms with Gasteiger partial charge in [0.1, 0.15) is 5.76 Å². The van der Waals surface area contributed by atoms with E-state index < -0.39 is 18.5 Å². The third-order valence-corrected chi connectivity index (χ3v) is 3.48. The summed E-state index contributed by atoms with van der Waals surface area (Å²) in [6, 6.07) is 7.77. The largest absolute Gasteiger partial charge is 0.467 e. The number of carbonyl (C=O) groups excluding carboxylic acids is 2. The molecule has 5 nitrogen and oxygen atoms in total. The van der Waals surface area contributed by atoms with Crippen LogP contribution in [0.5, 0.6) is 0 Å². The fourth-order valence-electron chi connectivity index (χ4n) is 1.79. The Kier molecular flexibility index (Phi) is 5.46. The van der Waals surface area contributed by atoms with Crippen LogP contribution in [0.15, 0.2) is 41.0 Å². The molecule has 1 aromatic carbocycles. The van der Waals surface area contributed by atoms with Gasteiger partial charge in [0.25, 0.3) is 5.91 Å². The summed E-state index contributed by atoms with van der Waals surface area (Å²) < 4.78 is 10.1. The number of hydrogen-bond donors (Lipinski definition) is 1. The summed E-state index contributed by atoms with van der Waals surface area (Å²) in [5.74, 6) is -0.606. The van der Waals surface area contributed by atoms with Crippen molar-refractivity contribution in [3.8, 4) is 0 Å². The monoisotopic (exact) mass is 341 g/mol. The van der Waals surface area contributed by atoms with Crippen molar-refractivity contribution in [2.75, 3.05) is 6.61 Å². The Labute approximate surface area is 137 Å². The highest BCUT2D eigenvalue weighted by molar-refractivity contribution is 6.39. The molecule has 0 aliphatic carbocycles. The van der Waals surface area contributed by atoms with E-state index in [4.69, 9.17) is 32.4 Å². The zero-order chi connectivity index (χ0) is 16.1. The van der Waals surface area contributed by atoms with Gasteiger partial charge in [-0.25, -0.2) is 4.79 Å². The van der Waals surface area contributed by atoms with Crippen molar-refractivity contribution in [3.05, 3.63) is 58.0 Å². The highest BCUT2D eigenvalue weighted by Crippen LogP contribution is 2.24. The normalized spacial score (nSPS) is 11.8. The maximum absolute atomic E-state index is 11.9. The molecule has 22 heavy (non-hydrogen) atoms. The molecule has 1 heterocycles. The number of esters is 1. The van der Waals surface area contributed by atoms with Crippen LogP contribution in [0.4, 0.5) is 0 Å². The van der Waals surface area contributed by atoms with E-state index in [1.807, 2.05) is 0 Å². The average Bonchev–Trinajstić information content (AvgIpc) is 2.99. The van der Waals surface area contributed by atoms with E-state index in [2.05, 4.69) is 5.32 Å². The van der Waals surface area contributed by atoms with E-state index in [-0.39, 0.29) is 21.7 Å². The Bertz CT molecular complexity index is 650. The second-order valence-electron chi connectivity index (χ2n) is 4.48. The number of amides is 1. The van der Waals surface area contributed by atoms with Crippen LogP contribution >= 0.6 is 23.2 Å². The molecule has 0 aliphatic heterocycles. The first-order chi connectivity index (χ1) is 10.5. The zero-order valence-corrected chi connectivity index (χ0v) is 13.1. The fourth-order valence-corrected chi connectivity index (χ4v) is 2.34. The number of halogens is 2. The van der Waals surface area contributed by atoms with E-state index in [0.29, 0.717) is 5.76 Å². The summed E-state index contributed by atoms with van der Waals surface area (Å²) in [4.78, 5) is 23.7. The lowest BCUT2D eigenvalue weighted by molar-refractivity contribution is -0.125. The molecule has 0 saturated carbocycles. The topological polar surface area (TPSA) is 68.5 Å². The molecule has 116 valence electrons. The first-order valence-corrected chi connectivity index (χ1v) is 7.18. The lowest BCUT2D eigenvalue weighted by atomic mass is 10.2. The Morgan fingerprint density at radius 3 is 2.50 bits per heavy atom. The van der Waals surface area contributed by atoms with Crippen LogP contribution in [0.1, 0.15) is 29.1 Å². The molecule has 7 heteroatoms. The summed E-state index contributed by atoms with van der Waals surface area (Å²) in [7, 11) is 0. The van der Waals surface area contributed by atoms with Crippen LogP contribution in [-0.2, 0) is 9.53 Å². The van der Waals surface area contributed by atoms with E-state index in [9.17, 15) is 9.59 Å². The van der Waals surface area contributed by atoms with Crippen LogP contribution in [0.25, 0.3) is 0 Å². The van der Waals surface area contributed by atoms with Gasteiger partial charge in [-0.3, -0.25) is 4.79 Å². The van der Waals surface area contributed by atoms with E-state index in [0.717, 1.165) is 0 Å². The number of furan rings is 1. The van der Waals surface area contributed by atoms with Gasteiger partial charge in [-0.15, -0.1) is 0 Å². The third kappa shape index (κ3) is 4.02. The lowest BCUT2D eigenvalue weighted by Crippen LogP contribution is -2.31. The van der Waals surface area contributed by atoms with Crippen molar-refractivity contribution in [2.45, 2.75) is 13.0 Å². The number of nitrogens with one attached hydrogen (secondary N) is 1. The van der Waals surface area contributed by atoms with Crippen molar-refractivity contribution in [1.29, 1.82) is 0 Å². The first-order valence-electron chi connectivity index (χ1n) is 6.43. The van der Waals surface area contributed by atoms with Gasteiger partial charge in [-0.05, 0) is 31.2 Å². The summed E-state index contributed by atoms with van der Waals surface area (Å²) in [5.41, 5.74) is 0.0396. The van der Waals surface area contributed by atoms with E-state index >= 15 is 0 Å². The summed E-state index contributed by atoms with van der Waals surface area (Å²) >= 11 is 11.8. The number of carbonyl (C=O) groups is 2. The van der Waals surface area contributed by atoms with Gasteiger partial charge in [-0.2, -0.15) is 0 Å². The maximum atomic E-state index is 11.9. The molecule has 1 atom stereocenters. The van der Waals surface area contributed by atoms with Gasteiger partial charge in [-0.1, -0.05) is 29.3 Å². The van der Waals surface area contributed by atoms with Crippen molar-refractivity contribution >= 4 is 35.1 Å². The maximum Gasteiger partial charge on any atom is 0.341 e. The van der Waals surface area contributed by atoms with Gasteiger partial charge in [0.2, 0.25) is 0 Å². The standard InChI is InChI=1S/C15H13Cl2NO4/c1-9(12-6-3-7-21-12)18-13(19)8-22-15(20)14-10(16)4-2-5-11(14)17/h2-7,9H,8H2,1H3,(H,18,19)/t9-/m1/s1. The number of ether oxygens (including phenoxy) is 1. The Morgan fingerprint density at radius 1 is 1.23 bits per heavy atom. The minimum Gasteiger partial charge on any atom is -0.467 e. The molecule has 1 amide bonds. The smallest absolute Gasteiger partial charge is 0.341 e. The van der Waals surface area contributed by atoms with Crippen molar-refractivity contribution in [3.63, 3.8) is 0 Å². The second kappa shape index (κ2) is 7.33. The van der Waals surface area contributed by atoms with Crippen molar-refractivity contribution < 1.29 is 18.7 Å². The first kappa shape index (κ1) is 16.4. The average molecular weight is 342 g/mol. The van der Waals surface area contributed by atoms with Crippen LogP contribution in [0.3, 0.4) is 0 Å². The molecular formula is C15H13Cl2NO4. The molecule has 0 unspecified atom stereocenters. The third-order valence-electron chi connectivity index (χ3n) is 2.85. The summed E-state index contributed by atoms with van der Waals surface area (Å²) in [6.07, 6.45) is 1.51. The highest BCUT2D eigenvalue weighted by atomic mass is 35.5. The molecule has 0 radical (unpaired) electrons. The minimum atomic E-state index is -0.753. The second-order valence-corrected chi connectivity index (χ2v) is 5.29. The van der Waals surface area contributed by atoms with Gasteiger partial charge >= 0.3 is 5.97 Å². The Hall–Kier alpha value is -1.98. The molecule has 1 N–H and O–H groups in total. The minimum absolute atomic E-state index is 0.0396. The van der Waals surface area contributed by atoms with Gasteiger partial charge < -0.3 is 14.5 Å². The van der Waals surface area contributed by atoms with Crippen LogP contribution < -0.4 is 5.32 Å². The quantitative estimate of drug-likeness (QED) is 0.843. The SMILES string of the molecule is C[C@@H](NC(=O)COC(=O)c1c(Cl)cccc1Cl)c1ccco1. The molecule has 2 aromatic rings. The fraction of sp³-hybridized carbons (Fsp3) is 0.200. The predicted molar refractivity (Wildman–Crippen MR) is 82.0 cm³/mol. The number of benzene rings is 1. The lowest BCUT2D eigenvalue weighted by Gasteiger charge is -2.12. The molecular weight excluding hydrogens is 329 g/mol. The predicted octanol–water partition coefficient (Wildman–Crippen LogP) is 3.62. The Morgan fingerprint density at radius 2 is 1.91 bits per heavy atom. The van der Waals surface area contributed by atoms with Crippen molar-refractivity contribution in [2.24, 2.45) is 0 Å². The molecule has 0 saturated heterocycles. The summed E-state index contributed by atoms with van der Waals surface area (Å²) in [6.45, 7) is 1.31. The summed E-state index contributed by atoms with van der Waals surface area (Å²) in [5, 5.41) is 2.98. The molecule has 0 bridgehead atoms. The number of rotatable bonds is 5. The van der Waals surface area contributed by atoms with E-state index in [1.165, 1.54) is 18.4 Å². The van der Waals surface area contributed by atoms with Crippen molar-refractivity contribution in [1.82, 2.24) is 5.32 Å². The molecule has 0 fully saturated rings. The highest BCUT2D eigenvalue weighted by Gasteiger charge is 2.18. The van der Waals surface area contributed by atoms with Gasteiger partial charge in [0.05, 0.1) is 27.9 Å². The van der Waals surface area contributed by atoms with Crippen LogP contribution in [-0.4, -0.2) is 18.5 Å². The van der Waals surface area contributed by atoms with Crippen LogP contribution in [0.2, 0.25) is 10.0 Å². The van der Waals surface area contributed by atoms with Gasteiger partial charge in [0.15, 0.2) is 6.61 Å². The molecule has 0 aliphatic rings. The number of hydrogen-bond acceptors (Lipinski definition) is 4. The van der Waals surface area contributed by atoms with E-state index in [1.54, 1.807) is 25.1 Å². The molecule has 1 aromatic heterocycles. The molecule has 0 spiro atoms. The Balaban J connectivity index is 1.90. The zero-order valence-electron chi connectivity index (χ0n) is 11.6. The van der Waals surface area contributed by atoms with Crippen LogP contribution in [0, 0.1) is 0 Å². The van der Waals surface area contributed by atoms with Gasteiger partial charge in [0, 0.05) is 0 Å².